The van der Waals surface area contributed by atoms with E-state index in [1.165, 1.54) is 6.42 Å². The minimum atomic E-state index is 0. The zero-order chi connectivity index (χ0) is 17.9. The fraction of sp³-hybridized carbons (Fsp3) is 0.611. The Morgan fingerprint density at radius 3 is 3.00 bits per heavy atom. The molecule has 0 bridgehead atoms. The van der Waals surface area contributed by atoms with E-state index >= 15 is 0 Å². The van der Waals surface area contributed by atoms with Crippen LogP contribution in [0.4, 0.5) is 0 Å². The van der Waals surface area contributed by atoms with Crippen molar-refractivity contribution in [3.63, 3.8) is 0 Å². The number of halogens is 2. The highest BCUT2D eigenvalue weighted by Gasteiger charge is 2.24. The van der Waals surface area contributed by atoms with Gasteiger partial charge in [-0.2, -0.15) is 11.8 Å². The van der Waals surface area contributed by atoms with Crippen LogP contribution in [0.3, 0.4) is 0 Å². The molecule has 1 saturated heterocycles. The van der Waals surface area contributed by atoms with E-state index in [0.29, 0.717) is 5.92 Å². The first kappa shape index (κ1) is 23.8. The van der Waals surface area contributed by atoms with Crippen LogP contribution in [0, 0.1) is 5.92 Å². The molecule has 2 rings (SSSR count). The fourth-order valence-electron chi connectivity index (χ4n) is 2.84. The quantitative estimate of drug-likeness (QED) is 0.217. The lowest BCUT2D eigenvalue weighted by molar-refractivity contribution is 0.157. The molecular formula is C18H29BrIN3O2S. The van der Waals surface area contributed by atoms with Crippen molar-refractivity contribution in [3.05, 3.63) is 28.7 Å². The second kappa shape index (κ2) is 13.9. The first-order chi connectivity index (χ1) is 12.2. The van der Waals surface area contributed by atoms with E-state index < -0.39 is 0 Å². The molecule has 0 amide bonds. The Kier molecular flexibility index (Phi) is 12.8. The number of nitrogens with one attached hydrogen (secondary N) is 1. The van der Waals surface area contributed by atoms with Crippen molar-refractivity contribution >= 4 is 57.6 Å². The van der Waals surface area contributed by atoms with Crippen molar-refractivity contribution < 1.29 is 9.47 Å². The van der Waals surface area contributed by atoms with E-state index in [9.17, 15) is 0 Å². The number of methoxy groups -OCH3 is 1. The minimum absolute atomic E-state index is 0. The molecule has 1 aromatic carbocycles. The summed E-state index contributed by atoms with van der Waals surface area (Å²) < 4.78 is 12.0. The van der Waals surface area contributed by atoms with Crippen LogP contribution in [-0.2, 0) is 4.74 Å². The van der Waals surface area contributed by atoms with Crippen molar-refractivity contribution in [2.45, 2.75) is 6.42 Å². The van der Waals surface area contributed by atoms with Gasteiger partial charge in [0.25, 0.3) is 0 Å². The zero-order valence-electron chi connectivity index (χ0n) is 15.4. The van der Waals surface area contributed by atoms with Gasteiger partial charge < -0.3 is 19.7 Å². The van der Waals surface area contributed by atoms with Crippen LogP contribution in [-0.4, -0.2) is 69.4 Å². The van der Waals surface area contributed by atoms with Gasteiger partial charge in [0.05, 0.1) is 13.2 Å². The molecule has 1 fully saturated rings. The molecule has 148 valence electrons. The van der Waals surface area contributed by atoms with Crippen LogP contribution in [0.15, 0.2) is 33.7 Å². The van der Waals surface area contributed by atoms with Gasteiger partial charge >= 0.3 is 0 Å². The Balaban J connectivity index is 0.00000338. The molecule has 1 aliphatic heterocycles. The van der Waals surface area contributed by atoms with Gasteiger partial charge in [-0.1, -0.05) is 22.0 Å². The van der Waals surface area contributed by atoms with Crippen molar-refractivity contribution in [1.29, 1.82) is 0 Å². The average molecular weight is 558 g/mol. The molecule has 1 unspecified atom stereocenters. The van der Waals surface area contributed by atoms with Gasteiger partial charge in [-0.25, -0.2) is 0 Å². The van der Waals surface area contributed by atoms with Crippen molar-refractivity contribution in [2.24, 2.45) is 10.9 Å². The van der Waals surface area contributed by atoms with Gasteiger partial charge in [0, 0.05) is 55.7 Å². The smallest absolute Gasteiger partial charge is 0.193 e. The summed E-state index contributed by atoms with van der Waals surface area (Å²) in [5.74, 6) is 4.55. The van der Waals surface area contributed by atoms with E-state index in [2.05, 4.69) is 31.1 Å². The number of thioether (sulfide) groups is 1. The molecule has 1 aromatic rings. The predicted octanol–water partition coefficient (Wildman–Crippen LogP) is 3.72. The highest BCUT2D eigenvalue weighted by Crippen LogP contribution is 2.18. The highest BCUT2D eigenvalue weighted by molar-refractivity contribution is 14.0. The molecule has 5 nitrogen and oxygen atoms in total. The third-order valence-electron chi connectivity index (χ3n) is 4.02. The number of hydrogen-bond acceptors (Lipinski definition) is 4. The number of rotatable bonds is 9. The molecule has 1 aliphatic rings. The number of nitrogens with zero attached hydrogens (tertiary/aromatic N) is 2. The van der Waals surface area contributed by atoms with Gasteiger partial charge in [-0.3, -0.25) is 4.99 Å². The summed E-state index contributed by atoms with van der Waals surface area (Å²) in [6.07, 6.45) is 1.18. The van der Waals surface area contributed by atoms with E-state index in [1.54, 1.807) is 7.11 Å². The Bertz CT molecular complexity index is 551. The third-order valence-corrected chi connectivity index (χ3v) is 5.46. The van der Waals surface area contributed by atoms with Crippen LogP contribution >= 0.6 is 51.7 Å². The average Bonchev–Trinajstić information content (AvgIpc) is 3.06. The lowest BCUT2D eigenvalue weighted by atomic mass is 10.1. The molecule has 0 aliphatic carbocycles. The molecule has 0 aromatic heterocycles. The normalized spacial score (nSPS) is 17.1. The summed E-state index contributed by atoms with van der Waals surface area (Å²) >= 11 is 5.34. The van der Waals surface area contributed by atoms with Crippen LogP contribution in [0.5, 0.6) is 5.75 Å². The van der Waals surface area contributed by atoms with Crippen molar-refractivity contribution in [1.82, 2.24) is 10.2 Å². The summed E-state index contributed by atoms with van der Waals surface area (Å²) in [4.78, 5) is 6.72. The van der Waals surface area contributed by atoms with Gasteiger partial charge in [0.1, 0.15) is 5.75 Å². The molecule has 1 N–H and O–H groups in total. The first-order valence-electron chi connectivity index (χ1n) is 8.63. The highest BCUT2D eigenvalue weighted by atomic mass is 127. The van der Waals surface area contributed by atoms with Gasteiger partial charge in [-0.05, 0) is 24.6 Å². The number of hydrogen-bond donors (Lipinski definition) is 1. The summed E-state index contributed by atoms with van der Waals surface area (Å²) in [7, 11) is 3.62. The molecular weight excluding hydrogens is 529 g/mol. The second-order valence-electron chi connectivity index (χ2n) is 5.95. The number of aliphatic imine (C=N–C) groups is 1. The van der Waals surface area contributed by atoms with E-state index in [-0.39, 0.29) is 24.0 Å². The predicted molar refractivity (Wildman–Crippen MR) is 125 cm³/mol. The Labute approximate surface area is 186 Å². The first-order valence-corrected chi connectivity index (χ1v) is 10.6. The van der Waals surface area contributed by atoms with Crippen molar-refractivity contribution in [3.8, 4) is 5.75 Å². The standard InChI is InChI=1S/C18H28BrN3O2S.HI/c1-20-18(22-8-6-15(13-22)14-23-2)21-7-10-25-11-9-24-17-5-3-4-16(19)12-17;/h3-5,12,15H,6-11,13-14H2,1-2H3,(H,20,21);1H. The molecule has 1 atom stereocenters. The van der Waals surface area contributed by atoms with E-state index in [1.807, 2.05) is 43.1 Å². The molecule has 1 heterocycles. The van der Waals surface area contributed by atoms with Gasteiger partial charge in [0.2, 0.25) is 0 Å². The minimum Gasteiger partial charge on any atom is -0.493 e. The summed E-state index contributed by atoms with van der Waals surface area (Å²) in [5.41, 5.74) is 0. The van der Waals surface area contributed by atoms with Crippen LogP contribution in [0.2, 0.25) is 0 Å². The maximum atomic E-state index is 5.74. The fourth-order valence-corrected chi connectivity index (χ4v) is 3.87. The number of likely N-dealkylation sites (tertiary alicyclic amines) is 1. The molecule has 8 heteroatoms. The van der Waals surface area contributed by atoms with Gasteiger partial charge in [0.15, 0.2) is 5.96 Å². The largest absolute Gasteiger partial charge is 0.493 e. The van der Waals surface area contributed by atoms with Crippen LogP contribution in [0.25, 0.3) is 0 Å². The van der Waals surface area contributed by atoms with E-state index in [4.69, 9.17) is 9.47 Å². The Hall–Kier alpha value is -0.190. The van der Waals surface area contributed by atoms with Crippen LogP contribution < -0.4 is 10.1 Å². The van der Waals surface area contributed by atoms with Crippen LogP contribution in [0.1, 0.15) is 6.42 Å². The van der Waals surface area contributed by atoms with E-state index in [0.717, 1.165) is 60.5 Å². The molecule has 0 saturated carbocycles. The zero-order valence-corrected chi connectivity index (χ0v) is 20.2. The molecule has 26 heavy (non-hydrogen) atoms. The van der Waals surface area contributed by atoms with Crippen molar-refractivity contribution in [2.75, 3.05) is 58.5 Å². The maximum Gasteiger partial charge on any atom is 0.193 e. The Morgan fingerprint density at radius 1 is 1.42 bits per heavy atom. The summed E-state index contributed by atoms with van der Waals surface area (Å²) in [6.45, 7) is 4.56. The third kappa shape index (κ3) is 8.67. The number of benzene rings is 1. The topological polar surface area (TPSA) is 46.1 Å². The Morgan fingerprint density at radius 2 is 2.27 bits per heavy atom. The summed E-state index contributed by atoms with van der Waals surface area (Å²) in [6, 6.07) is 7.95. The molecule has 0 spiro atoms. The van der Waals surface area contributed by atoms with Gasteiger partial charge in [-0.15, -0.1) is 24.0 Å². The lowest BCUT2D eigenvalue weighted by Gasteiger charge is -2.21. The molecule has 0 radical (unpaired) electrons. The number of ether oxygens (including phenoxy) is 2. The summed E-state index contributed by atoms with van der Waals surface area (Å²) in [5, 5.41) is 3.46. The monoisotopic (exact) mass is 557 g/mol. The lowest BCUT2D eigenvalue weighted by Crippen LogP contribution is -2.41. The maximum absolute atomic E-state index is 5.74. The number of guanidine groups is 1. The second-order valence-corrected chi connectivity index (χ2v) is 8.09. The SMILES string of the molecule is CN=C(NCCSCCOc1cccc(Br)c1)N1CCC(COC)C1.I.